The molecule has 35 heavy (non-hydrogen) atoms. The largest absolute Gasteiger partial charge is 0.508 e. The van der Waals surface area contributed by atoms with Gasteiger partial charge in [0.05, 0.1) is 11.7 Å². The van der Waals surface area contributed by atoms with Crippen molar-refractivity contribution < 1.29 is 34.8 Å². The summed E-state index contributed by atoms with van der Waals surface area (Å²) in [5.74, 6) is -6.08. The van der Waals surface area contributed by atoms with Crippen molar-refractivity contribution in [3.8, 4) is 5.75 Å². The Labute approximate surface area is 203 Å². The molecule has 5 atom stereocenters. The fourth-order valence-electron chi connectivity index (χ4n) is 7.06. The van der Waals surface area contributed by atoms with Crippen molar-refractivity contribution in [3.05, 3.63) is 40.2 Å². The Morgan fingerprint density at radius 2 is 1.80 bits per heavy atom. The maximum atomic E-state index is 13.6. The van der Waals surface area contributed by atoms with Crippen LogP contribution in [0.15, 0.2) is 23.5 Å². The summed E-state index contributed by atoms with van der Waals surface area (Å²) in [6, 6.07) is 3.36. The Bertz CT molecular complexity index is 1120. The number of aromatic hydroxyl groups is 1. The number of primary amides is 1. The predicted octanol–water partition coefficient (Wildman–Crippen LogP) is 2.26. The summed E-state index contributed by atoms with van der Waals surface area (Å²) >= 11 is 0. The Hall–Kier alpha value is -2.71. The van der Waals surface area contributed by atoms with E-state index >= 15 is 0 Å². The number of benzene rings is 1. The van der Waals surface area contributed by atoms with Gasteiger partial charge in [-0.15, -0.1) is 0 Å². The normalized spacial score (nSPS) is 33.2. The minimum Gasteiger partial charge on any atom is -0.508 e. The van der Waals surface area contributed by atoms with E-state index in [-0.39, 0.29) is 29.7 Å². The molecule has 4 aliphatic carbocycles. The molecule has 2 fully saturated rings. The molecule has 6 N–H and O–H groups in total. The average molecular weight is 484 g/mol. The zero-order valence-corrected chi connectivity index (χ0v) is 19.7. The number of allylic oxidation sites excluding steroid dienone is 1. The van der Waals surface area contributed by atoms with Crippen LogP contribution in [0.25, 0.3) is 0 Å². The number of carbonyl (C=O) groups excluding carboxylic acids is 3. The number of hydrogen-bond donors (Lipinski definition) is 5. The standard InChI is InChI=1S/C27H33NO7/c28-26(34)22-19(30)12-16-10-15-11-17-14(7-6-13-4-2-1-3-5-13)8-9-18(29)21(17)23(31)20(15)24(32)27(16,35)25(22)33/h8-9,13,15-16,19,22,29-30,32,35H,1-7,10-12H2,(H2,28,34)/t15-,16+,19?,22?,27+/m1/s1. The molecule has 0 bridgehead atoms. The maximum Gasteiger partial charge on any atom is 0.230 e. The lowest BCUT2D eigenvalue weighted by Crippen LogP contribution is -2.63. The summed E-state index contributed by atoms with van der Waals surface area (Å²) in [5, 5.41) is 43.4. The van der Waals surface area contributed by atoms with E-state index in [2.05, 4.69) is 0 Å². The maximum absolute atomic E-state index is 13.6. The number of nitrogens with two attached hydrogens (primary N) is 1. The molecular formula is C27H33NO7. The second kappa shape index (κ2) is 8.75. The minimum absolute atomic E-state index is 0.0936. The lowest BCUT2D eigenvalue weighted by atomic mass is 9.57. The second-order valence-corrected chi connectivity index (χ2v) is 10.9. The van der Waals surface area contributed by atoms with Gasteiger partial charge in [0, 0.05) is 11.5 Å². The van der Waals surface area contributed by atoms with Gasteiger partial charge in [0.15, 0.2) is 17.2 Å². The minimum atomic E-state index is -2.47. The van der Waals surface area contributed by atoms with E-state index in [1.54, 1.807) is 0 Å². The number of ketones is 2. The molecule has 0 spiro atoms. The number of phenolic OH excluding ortho intramolecular Hbond substituents is 1. The van der Waals surface area contributed by atoms with Crippen molar-refractivity contribution in [1.82, 2.24) is 0 Å². The number of hydrogen-bond acceptors (Lipinski definition) is 7. The topological polar surface area (TPSA) is 158 Å². The van der Waals surface area contributed by atoms with Gasteiger partial charge in [-0.25, -0.2) is 0 Å². The highest BCUT2D eigenvalue weighted by Crippen LogP contribution is 2.52. The molecule has 0 aliphatic heterocycles. The highest BCUT2D eigenvalue weighted by Gasteiger charge is 2.62. The smallest absolute Gasteiger partial charge is 0.230 e. The van der Waals surface area contributed by atoms with E-state index in [4.69, 9.17) is 5.73 Å². The third kappa shape index (κ3) is 3.69. The third-order valence-corrected chi connectivity index (χ3v) is 8.92. The molecule has 2 unspecified atom stereocenters. The van der Waals surface area contributed by atoms with Crippen molar-refractivity contribution in [2.45, 2.75) is 75.9 Å². The number of aliphatic hydroxyl groups is 3. The molecule has 2 saturated carbocycles. The summed E-state index contributed by atoms with van der Waals surface area (Å²) in [6.07, 6.45) is 7.13. The van der Waals surface area contributed by atoms with E-state index in [0.717, 1.165) is 24.0 Å². The molecule has 8 heteroatoms. The first kappa shape index (κ1) is 24.0. The molecule has 5 rings (SSSR count). The highest BCUT2D eigenvalue weighted by atomic mass is 16.3. The van der Waals surface area contributed by atoms with Gasteiger partial charge in [0.2, 0.25) is 5.91 Å². The second-order valence-electron chi connectivity index (χ2n) is 10.9. The van der Waals surface area contributed by atoms with E-state index < -0.39 is 52.7 Å². The van der Waals surface area contributed by atoms with Crippen molar-refractivity contribution in [2.75, 3.05) is 0 Å². The van der Waals surface area contributed by atoms with Gasteiger partial charge in [-0.05, 0) is 61.1 Å². The molecule has 0 saturated heterocycles. The summed E-state index contributed by atoms with van der Waals surface area (Å²) in [6.45, 7) is 0. The summed E-state index contributed by atoms with van der Waals surface area (Å²) in [7, 11) is 0. The lowest BCUT2D eigenvalue weighted by molar-refractivity contribution is -0.167. The zero-order chi connectivity index (χ0) is 25.1. The number of Topliss-reactive ketones (excluding diaryl/α,β-unsaturated/α-hetero) is 2. The highest BCUT2D eigenvalue weighted by molar-refractivity contribution is 6.15. The fourth-order valence-corrected chi connectivity index (χ4v) is 7.06. The Morgan fingerprint density at radius 1 is 1.09 bits per heavy atom. The zero-order valence-electron chi connectivity index (χ0n) is 19.7. The number of phenols is 1. The van der Waals surface area contributed by atoms with Crippen LogP contribution in [0, 0.1) is 23.7 Å². The van der Waals surface area contributed by atoms with Gasteiger partial charge in [-0.1, -0.05) is 38.2 Å². The van der Waals surface area contributed by atoms with Crippen LogP contribution < -0.4 is 5.73 Å². The molecular weight excluding hydrogens is 450 g/mol. The van der Waals surface area contributed by atoms with E-state index in [1.807, 2.05) is 6.07 Å². The van der Waals surface area contributed by atoms with Gasteiger partial charge in [0.1, 0.15) is 17.4 Å². The first-order chi connectivity index (χ1) is 16.6. The quantitative estimate of drug-likeness (QED) is 0.411. The molecule has 8 nitrogen and oxygen atoms in total. The Kier molecular flexibility index (Phi) is 6.00. The summed E-state index contributed by atoms with van der Waals surface area (Å²) in [4.78, 5) is 38.5. The molecule has 1 aromatic carbocycles. The van der Waals surface area contributed by atoms with Gasteiger partial charge in [-0.2, -0.15) is 0 Å². The van der Waals surface area contributed by atoms with E-state index in [1.165, 1.54) is 38.2 Å². The van der Waals surface area contributed by atoms with Crippen LogP contribution in [-0.2, 0) is 22.4 Å². The molecule has 0 heterocycles. The van der Waals surface area contributed by atoms with Crippen LogP contribution in [0.1, 0.15) is 72.9 Å². The Morgan fingerprint density at radius 3 is 2.49 bits per heavy atom. The average Bonchev–Trinajstić information content (AvgIpc) is 2.81. The van der Waals surface area contributed by atoms with E-state index in [0.29, 0.717) is 12.3 Å². The van der Waals surface area contributed by atoms with Crippen LogP contribution in [0.2, 0.25) is 0 Å². The number of rotatable bonds is 4. The number of carbonyl (C=O) groups is 3. The molecule has 188 valence electrons. The van der Waals surface area contributed by atoms with Crippen LogP contribution in [0.4, 0.5) is 0 Å². The molecule has 1 aromatic rings. The van der Waals surface area contributed by atoms with Crippen molar-refractivity contribution in [1.29, 1.82) is 0 Å². The first-order valence-electron chi connectivity index (χ1n) is 12.7. The van der Waals surface area contributed by atoms with Gasteiger partial charge < -0.3 is 26.2 Å². The van der Waals surface area contributed by atoms with Crippen LogP contribution >= 0.6 is 0 Å². The molecule has 1 amide bonds. The lowest BCUT2D eigenvalue weighted by Gasteiger charge is -2.48. The van der Waals surface area contributed by atoms with Gasteiger partial charge >= 0.3 is 0 Å². The van der Waals surface area contributed by atoms with Crippen LogP contribution in [0.5, 0.6) is 5.75 Å². The first-order valence-corrected chi connectivity index (χ1v) is 12.7. The molecule has 0 aromatic heterocycles. The van der Waals surface area contributed by atoms with Crippen molar-refractivity contribution >= 4 is 17.5 Å². The Balaban J connectivity index is 1.52. The number of fused-ring (bicyclic) bond motifs is 3. The number of amides is 1. The van der Waals surface area contributed by atoms with Crippen LogP contribution in [-0.4, -0.2) is 49.6 Å². The predicted molar refractivity (Wildman–Crippen MR) is 126 cm³/mol. The number of aryl methyl sites for hydroxylation is 1. The van der Waals surface area contributed by atoms with Crippen molar-refractivity contribution in [2.24, 2.45) is 29.4 Å². The third-order valence-electron chi connectivity index (χ3n) is 8.92. The summed E-state index contributed by atoms with van der Waals surface area (Å²) in [5.41, 5.74) is 4.60. The summed E-state index contributed by atoms with van der Waals surface area (Å²) < 4.78 is 0. The van der Waals surface area contributed by atoms with Crippen LogP contribution in [0.3, 0.4) is 0 Å². The van der Waals surface area contributed by atoms with Crippen molar-refractivity contribution in [3.63, 3.8) is 0 Å². The SMILES string of the molecule is NC(=O)C1C(=O)[C@@]2(O)C(O)=C3C(=O)c4c(O)ccc(CCC5CCCCC5)c4C[C@H]3C[C@H]2CC1O. The van der Waals surface area contributed by atoms with Gasteiger partial charge in [-0.3, -0.25) is 14.4 Å². The molecule has 4 aliphatic rings. The monoisotopic (exact) mass is 483 g/mol. The fraction of sp³-hybridized carbons (Fsp3) is 0.593. The number of aliphatic hydroxyl groups excluding tert-OH is 2. The van der Waals surface area contributed by atoms with E-state index in [9.17, 15) is 34.8 Å². The van der Waals surface area contributed by atoms with Gasteiger partial charge in [0.25, 0.3) is 0 Å². The molecule has 0 radical (unpaired) electrons.